The zero-order chi connectivity index (χ0) is 18.1. The standard InChI is InChI=1S/C20H18N4O2/c1-12-2-3-13-9-15(20(26)24-17(13)8-12)6-7-21-19(25)14-4-5-16-18(10-14)23-11-22-16/h2-5,8-11H,6-7H2,1H3,(H,21,25)(H,22,23)(H,24,26). The predicted octanol–water partition coefficient (Wildman–Crippen LogP) is 2.69. The van der Waals surface area contributed by atoms with E-state index in [-0.39, 0.29) is 11.5 Å². The van der Waals surface area contributed by atoms with E-state index in [0.717, 1.165) is 27.5 Å². The molecule has 130 valence electrons. The lowest BCUT2D eigenvalue weighted by atomic mass is 10.1. The molecule has 0 bridgehead atoms. The molecule has 0 aliphatic carbocycles. The van der Waals surface area contributed by atoms with Crippen molar-refractivity contribution in [3.8, 4) is 0 Å². The number of hydrogen-bond acceptors (Lipinski definition) is 3. The monoisotopic (exact) mass is 346 g/mol. The number of H-pyrrole nitrogens is 2. The molecule has 0 saturated heterocycles. The highest BCUT2D eigenvalue weighted by atomic mass is 16.1. The molecule has 0 spiro atoms. The molecule has 2 aromatic carbocycles. The van der Waals surface area contributed by atoms with Crippen molar-refractivity contribution in [3.05, 3.63) is 75.8 Å². The van der Waals surface area contributed by atoms with Gasteiger partial charge in [-0.05, 0) is 54.6 Å². The van der Waals surface area contributed by atoms with Crippen LogP contribution in [0, 0.1) is 6.92 Å². The van der Waals surface area contributed by atoms with E-state index in [4.69, 9.17) is 0 Å². The van der Waals surface area contributed by atoms with Crippen molar-refractivity contribution < 1.29 is 4.79 Å². The van der Waals surface area contributed by atoms with Gasteiger partial charge in [0.15, 0.2) is 0 Å². The molecule has 0 fully saturated rings. The summed E-state index contributed by atoms with van der Waals surface area (Å²) in [5, 5.41) is 3.85. The van der Waals surface area contributed by atoms with E-state index >= 15 is 0 Å². The van der Waals surface area contributed by atoms with Gasteiger partial charge in [0, 0.05) is 23.2 Å². The van der Waals surface area contributed by atoms with Crippen molar-refractivity contribution in [2.75, 3.05) is 6.54 Å². The van der Waals surface area contributed by atoms with E-state index < -0.39 is 0 Å². The molecule has 2 aromatic heterocycles. The summed E-state index contributed by atoms with van der Waals surface area (Å²) in [6.45, 7) is 2.38. The van der Waals surface area contributed by atoms with Crippen molar-refractivity contribution in [2.45, 2.75) is 13.3 Å². The van der Waals surface area contributed by atoms with Gasteiger partial charge in [0.1, 0.15) is 0 Å². The lowest BCUT2D eigenvalue weighted by Crippen LogP contribution is -2.27. The average Bonchev–Trinajstić information content (AvgIpc) is 3.09. The third kappa shape index (κ3) is 3.09. The van der Waals surface area contributed by atoms with Crippen LogP contribution >= 0.6 is 0 Å². The van der Waals surface area contributed by atoms with Crippen LogP contribution in [-0.2, 0) is 6.42 Å². The molecule has 2 heterocycles. The number of amides is 1. The summed E-state index contributed by atoms with van der Waals surface area (Å²) in [5.74, 6) is -0.172. The molecule has 26 heavy (non-hydrogen) atoms. The number of aromatic amines is 2. The van der Waals surface area contributed by atoms with Crippen LogP contribution < -0.4 is 10.9 Å². The van der Waals surface area contributed by atoms with Gasteiger partial charge in [-0.15, -0.1) is 0 Å². The Morgan fingerprint density at radius 1 is 1.12 bits per heavy atom. The number of hydrogen-bond donors (Lipinski definition) is 3. The number of nitrogens with one attached hydrogen (secondary N) is 3. The van der Waals surface area contributed by atoms with Crippen molar-refractivity contribution in [3.63, 3.8) is 0 Å². The second-order valence-corrected chi connectivity index (χ2v) is 6.35. The van der Waals surface area contributed by atoms with E-state index in [9.17, 15) is 9.59 Å². The van der Waals surface area contributed by atoms with Crippen LogP contribution in [0.3, 0.4) is 0 Å². The topological polar surface area (TPSA) is 90.6 Å². The van der Waals surface area contributed by atoms with E-state index in [0.29, 0.717) is 24.1 Å². The summed E-state index contributed by atoms with van der Waals surface area (Å²) in [7, 11) is 0. The third-order valence-corrected chi connectivity index (χ3v) is 4.44. The molecule has 6 nitrogen and oxygen atoms in total. The number of aromatic nitrogens is 3. The van der Waals surface area contributed by atoms with E-state index in [1.54, 1.807) is 24.5 Å². The highest BCUT2D eigenvalue weighted by Crippen LogP contribution is 2.14. The number of aryl methyl sites for hydroxylation is 1. The Morgan fingerprint density at radius 3 is 2.88 bits per heavy atom. The minimum Gasteiger partial charge on any atom is -0.352 e. The van der Waals surface area contributed by atoms with Gasteiger partial charge in [-0.3, -0.25) is 9.59 Å². The molecule has 4 aromatic rings. The fourth-order valence-corrected chi connectivity index (χ4v) is 3.04. The highest BCUT2D eigenvalue weighted by Gasteiger charge is 2.08. The predicted molar refractivity (Wildman–Crippen MR) is 101 cm³/mol. The number of nitrogens with zero attached hydrogens (tertiary/aromatic N) is 1. The number of fused-ring (bicyclic) bond motifs is 2. The van der Waals surface area contributed by atoms with Gasteiger partial charge in [0.25, 0.3) is 11.5 Å². The fraction of sp³-hybridized carbons (Fsp3) is 0.150. The smallest absolute Gasteiger partial charge is 0.251 e. The first-order valence-electron chi connectivity index (χ1n) is 8.44. The summed E-state index contributed by atoms with van der Waals surface area (Å²) in [4.78, 5) is 34.6. The first kappa shape index (κ1) is 16.1. The molecular weight excluding hydrogens is 328 g/mol. The van der Waals surface area contributed by atoms with Gasteiger partial charge in [-0.2, -0.15) is 0 Å². The van der Waals surface area contributed by atoms with Crippen LogP contribution in [0.2, 0.25) is 0 Å². The molecule has 3 N–H and O–H groups in total. The van der Waals surface area contributed by atoms with E-state index in [1.165, 1.54) is 0 Å². The van der Waals surface area contributed by atoms with Gasteiger partial charge in [0.05, 0.1) is 17.4 Å². The van der Waals surface area contributed by atoms with Crippen molar-refractivity contribution in [1.29, 1.82) is 0 Å². The molecule has 1 amide bonds. The minimum atomic E-state index is -0.172. The van der Waals surface area contributed by atoms with Gasteiger partial charge >= 0.3 is 0 Å². The Morgan fingerprint density at radius 2 is 2.00 bits per heavy atom. The van der Waals surface area contributed by atoms with Crippen LogP contribution in [-0.4, -0.2) is 27.4 Å². The SMILES string of the molecule is Cc1ccc2cc(CCNC(=O)c3ccc4nc[nH]c4c3)c(=O)[nH]c2c1. The molecular formula is C20H18N4O2. The number of carbonyl (C=O) groups excluding carboxylic acids is 1. The lowest BCUT2D eigenvalue weighted by molar-refractivity contribution is 0.0954. The number of carbonyl (C=O) groups is 1. The molecule has 0 aliphatic heterocycles. The average molecular weight is 346 g/mol. The van der Waals surface area contributed by atoms with Crippen molar-refractivity contribution >= 4 is 27.8 Å². The molecule has 4 rings (SSSR count). The quantitative estimate of drug-likeness (QED) is 0.531. The summed E-state index contributed by atoms with van der Waals surface area (Å²) >= 11 is 0. The van der Waals surface area contributed by atoms with E-state index in [1.807, 2.05) is 31.2 Å². The summed E-state index contributed by atoms with van der Waals surface area (Å²) in [5.41, 5.74) is 4.67. The zero-order valence-corrected chi connectivity index (χ0v) is 14.3. The first-order chi connectivity index (χ1) is 12.6. The first-order valence-corrected chi connectivity index (χ1v) is 8.44. The molecule has 0 aliphatic rings. The Bertz CT molecular complexity index is 1170. The molecule has 0 atom stereocenters. The number of pyridine rings is 1. The maximum atomic E-state index is 12.3. The molecule has 0 unspecified atom stereocenters. The van der Waals surface area contributed by atoms with Crippen LogP contribution in [0.15, 0.2) is 53.6 Å². The van der Waals surface area contributed by atoms with Crippen molar-refractivity contribution in [1.82, 2.24) is 20.3 Å². The number of rotatable bonds is 4. The van der Waals surface area contributed by atoms with Crippen LogP contribution in [0.1, 0.15) is 21.5 Å². The summed E-state index contributed by atoms with van der Waals surface area (Å²) in [6.07, 6.45) is 2.07. The Hall–Kier alpha value is -3.41. The van der Waals surface area contributed by atoms with Gasteiger partial charge in [-0.1, -0.05) is 12.1 Å². The highest BCUT2D eigenvalue weighted by molar-refractivity contribution is 5.97. The maximum Gasteiger partial charge on any atom is 0.251 e. The van der Waals surface area contributed by atoms with Gasteiger partial charge in [0.2, 0.25) is 0 Å². The molecule has 6 heteroatoms. The second kappa shape index (κ2) is 6.48. The number of imidazole rings is 1. The normalized spacial score (nSPS) is 11.1. The van der Waals surface area contributed by atoms with Gasteiger partial charge in [-0.25, -0.2) is 4.98 Å². The Kier molecular flexibility index (Phi) is 4.01. The van der Waals surface area contributed by atoms with Crippen LogP contribution in [0.25, 0.3) is 21.9 Å². The zero-order valence-electron chi connectivity index (χ0n) is 14.3. The number of benzene rings is 2. The summed E-state index contributed by atoms with van der Waals surface area (Å²) in [6, 6.07) is 13.1. The molecule has 0 radical (unpaired) electrons. The van der Waals surface area contributed by atoms with E-state index in [2.05, 4.69) is 20.3 Å². The Labute approximate surface area is 149 Å². The van der Waals surface area contributed by atoms with Crippen LogP contribution in [0.4, 0.5) is 0 Å². The summed E-state index contributed by atoms with van der Waals surface area (Å²) < 4.78 is 0. The third-order valence-electron chi connectivity index (χ3n) is 4.44. The van der Waals surface area contributed by atoms with Crippen molar-refractivity contribution in [2.24, 2.45) is 0 Å². The molecule has 0 saturated carbocycles. The largest absolute Gasteiger partial charge is 0.352 e. The van der Waals surface area contributed by atoms with Crippen LogP contribution in [0.5, 0.6) is 0 Å². The fourth-order valence-electron chi connectivity index (χ4n) is 3.04. The lowest BCUT2D eigenvalue weighted by Gasteiger charge is -2.07. The van der Waals surface area contributed by atoms with Gasteiger partial charge < -0.3 is 15.3 Å². The minimum absolute atomic E-state index is 0.115. The maximum absolute atomic E-state index is 12.3. The second-order valence-electron chi connectivity index (χ2n) is 6.35. The Balaban J connectivity index is 1.46.